The van der Waals surface area contributed by atoms with E-state index in [1.807, 2.05) is 195 Å². The zero-order valence-corrected chi connectivity index (χ0v) is 72.4. The summed E-state index contributed by atoms with van der Waals surface area (Å²) in [5.74, 6) is 1.18. The van der Waals surface area contributed by atoms with Crippen molar-refractivity contribution in [1.29, 1.82) is 0 Å². The molecule has 4 aliphatic rings. The summed E-state index contributed by atoms with van der Waals surface area (Å²) < 4.78 is 64.6. The van der Waals surface area contributed by atoms with Crippen molar-refractivity contribution < 1.29 is 114 Å². The van der Waals surface area contributed by atoms with Gasteiger partial charge in [-0.15, -0.1) is 0 Å². The average Bonchev–Trinajstić information content (AvgIpc) is 1.62. The SMILES string of the molecule is C1CCOC1.CC1(C)OB(B2OC(C)(C)C(C)(C)O2)OC1(C)C.CC1(C)OB(c2cccc3oc4cc5cccnc5cc4c23)OC1(C)C.COc1cc2cccnc2cc1-c1c(N)cccc1Cl.COc1cc2cccnc2cc1B(O)O.Clc1cccc2oc3cc4cccnc4cc3c12.Nc1cccc(Cl)c1Br.[H-].[K+]. The van der Waals surface area contributed by atoms with Crippen LogP contribution in [0.1, 0.15) is 97.4 Å². The topological polar surface area (TPSA) is 253 Å². The number of nitrogens with two attached hydrogens (primary N) is 2. The summed E-state index contributed by atoms with van der Waals surface area (Å²) in [6.45, 7) is 26.5. The van der Waals surface area contributed by atoms with Crippen molar-refractivity contribution in [3.8, 4) is 22.6 Å². The Morgan fingerprint density at radius 3 is 1.28 bits per heavy atom. The number of rotatable bonds is 6. The second-order valence-electron chi connectivity index (χ2n) is 30.0. The molecule has 10 heterocycles. The van der Waals surface area contributed by atoms with Crippen LogP contribution in [-0.4, -0.2) is 119 Å². The van der Waals surface area contributed by atoms with Crippen LogP contribution in [0, 0.1) is 0 Å². The van der Waals surface area contributed by atoms with E-state index in [0.29, 0.717) is 43.2 Å². The molecule has 0 bridgehead atoms. The predicted octanol–water partition coefficient (Wildman–Crippen LogP) is 16.1. The molecule has 8 aromatic carbocycles. The largest absolute Gasteiger partial charge is 1.00 e. The van der Waals surface area contributed by atoms with Gasteiger partial charge in [-0.2, -0.15) is 0 Å². The van der Waals surface area contributed by atoms with Gasteiger partial charge in [0.2, 0.25) is 0 Å². The maximum absolute atomic E-state index is 9.14. The minimum Gasteiger partial charge on any atom is -1.00 e. The van der Waals surface area contributed by atoms with E-state index in [1.54, 1.807) is 50.0 Å². The van der Waals surface area contributed by atoms with E-state index in [4.69, 9.17) is 107 Å². The smallest absolute Gasteiger partial charge is 1.00 e. The van der Waals surface area contributed by atoms with Gasteiger partial charge in [0.05, 0.1) is 89.4 Å². The van der Waals surface area contributed by atoms with Gasteiger partial charge in [-0.05, 0) is 233 Å². The molecule has 0 amide bonds. The van der Waals surface area contributed by atoms with E-state index >= 15 is 0 Å². The predicted molar refractivity (Wildman–Crippen MR) is 457 cm³/mol. The summed E-state index contributed by atoms with van der Waals surface area (Å²) in [5, 5.41) is 28.3. The van der Waals surface area contributed by atoms with Gasteiger partial charge in [-0.3, -0.25) is 19.9 Å². The van der Waals surface area contributed by atoms with Crippen LogP contribution in [0.2, 0.25) is 15.1 Å². The molecule has 19 nitrogen and oxygen atoms in total. The molecule has 4 saturated heterocycles. The molecule has 574 valence electrons. The Morgan fingerprint density at radius 1 is 0.446 bits per heavy atom. The standard InChI is InChI=1S/C21H20BNO3.C16H13ClN2O.C15H8ClNO.C12H24B2O4.C10H10BNO3.C6H5BrClN.C4H8O.K.H/c1-20(2)21(3,4)26-22(25-20)15-8-5-9-17-19(15)14-12-16-13(7-6-10-23-16)11-18(14)24-17;1-20-15-8-10-4-3-7-19-14(10)9-11(15)16-12(17)5-2-6-13(16)18;16-11-4-1-5-13-15(11)10-8-12-9(3-2-6-17-12)7-14(10)18-13;1-9(2)10(3,4)16-13(15-9)14-17-11(5,6)12(7,8)18-14;1-15-10-5-7-3-2-4-12-9(7)6-8(10)11(13)14;7-6-4(8)2-1-3-5(6)9;1-2-4-5-3-1;;/h5-12H,1-4H3;2-9H,18H2,1H3;1-8H;1-8H3;2-6,13-14H,1H3;1-3H,9H2;1-4H2;;/q;;;;;;;+1;-1. The number of furan rings is 2. The fourth-order valence-electron chi connectivity index (χ4n) is 12.7. The minimum absolute atomic E-state index is 0. The number of aromatic nitrogens is 4. The molecule has 6 N–H and O–H groups in total. The molecular weight excluding hydrogens is 1570 g/mol. The van der Waals surface area contributed by atoms with Crippen LogP contribution in [0.5, 0.6) is 11.5 Å². The molecule has 28 heteroatoms. The Labute approximate surface area is 720 Å². The molecule has 18 rings (SSSR count). The molecule has 0 spiro atoms. The Hall–Kier alpha value is -6.91. The van der Waals surface area contributed by atoms with Crippen molar-refractivity contribution in [2.75, 3.05) is 38.9 Å². The number of nitrogen functional groups attached to an aromatic ring is 2. The van der Waals surface area contributed by atoms with Gasteiger partial charge < -0.3 is 73.9 Å². The zero-order valence-electron chi connectivity index (χ0n) is 66.5. The van der Waals surface area contributed by atoms with E-state index in [1.165, 1.54) is 20.0 Å². The minimum atomic E-state index is -1.55. The zero-order chi connectivity index (χ0) is 79.5. The first-order valence-corrected chi connectivity index (χ1v) is 38.3. The average molecular weight is 1660 g/mol. The molecule has 112 heavy (non-hydrogen) atoms. The number of fused-ring (bicyclic) bond motifs is 10. The maximum atomic E-state index is 9.14. The Bertz CT molecular complexity index is 5580. The van der Waals surface area contributed by atoms with Crippen molar-refractivity contribution in [3.63, 3.8) is 0 Å². The summed E-state index contributed by atoms with van der Waals surface area (Å²) >= 11 is 21.4. The van der Waals surface area contributed by atoms with Crippen LogP contribution in [0.4, 0.5) is 11.4 Å². The molecule has 14 aromatic rings. The quantitative estimate of drug-likeness (QED) is 0.0891. The summed E-state index contributed by atoms with van der Waals surface area (Å²) in [6, 6.07) is 53.5. The number of halogens is 4. The molecule has 0 unspecified atom stereocenters. The van der Waals surface area contributed by atoms with Gasteiger partial charge in [0.1, 0.15) is 33.8 Å². The third-order valence-electron chi connectivity index (χ3n) is 21.0. The molecule has 6 aromatic heterocycles. The van der Waals surface area contributed by atoms with Gasteiger partial charge in [0.15, 0.2) is 0 Å². The van der Waals surface area contributed by atoms with Crippen molar-refractivity contribution >= 4 is 189 Å². The number of hydrogen-bond acceptors (Lipinski definition) is 19. The third-order valence-corrected chi connectivity index (χ3v) is 23.0. The van der Waals surface area contributed by atoms with Crippen LogP contribution >= 0.6 is 50.7 Å². The van der Waals surface area contributed by atoms with E-state index in [2.05, 4.69) is 75.7 Å². The van der Waals surface area contributed by atoms with Crippen molar-refractivity contribution in [3.05, 3.63) is 214 Å². The molecule has 0 atom stereocenters. The van der Waals surface area contributed by atoms with Gasteiger partial charge in [0.25, 0.3) is 0 Å². The second-order valence-corrected chi connectivity index (χ2v) is 32.1. The first-order valence-electron chi connectivity index (χ1n) is 36.4. The monoisotopic (exact) mass is 1660 g/mol. The fraction of sp³-hybridized carbons (Fsp3) is 0.286. The number of ether oxygens (including phenoxy) is 3. The summed E-state index contributed by atoms with van der Waals surface area (Å²) in [6.07, 6.45) is 9.57. The van der Waals surface area contributed by atoms with Gasteiger partial charge in [-0.25, -0.2) is 0 Å². The number of pyridine rings is 4. The fourth-order valence-corrected chi connectivity index (χ4v) is 13.7. The summed E-state index contributed by atoms with van der Waals surface area (Å²) in [4.78, 5) is 17.3. The van der Waals surface area contributed by atoms with Gasteiger partial charge >= 0.3 is 79.6 Å². The maximum Gasteiger partial charge on any atom is 1.00 e. The molecule has 4 fully saturated rings. The summed E-state index contributed by atoms with van der Waals surface area (Å²) in [7, 11) is 0.194. The van der Waals surface area contributed by atoms with Crippen molar-refractivity contribution in [1.82, 2.24) is 19.9 Å². The molecular formula is C84H89B4BrCl3KN6O13. The van der Waals surface area contributed by atoms with Gasteiger partial charge in [0, 0.05) is 109 Å². The molecule has 0 saturated carbocycles. The van der Waals surface area contributed by atoms with E-state index < -0.39 is 28.3 Å². The Morgan fingerprint density at radius 2 is 0.839 bits per heavy atom. The number of nitrogens with zero attached hydrogens (tertiary/aromatic N) is 4. The third kappa shape index (κ3) is 18.8. The number of anilines is 2. The van der Waals surface area contributed by atoms with Crippen LogP contribution < -0.4 is 83.3 Å². The normalized spacial score (nSPS) is 16.6. The van der Waals surface area contributed by atoms with Gasteiger partial charge in [-0.1, -0.05) is 89.4 Å². The molecule has 0 radical (unpaired) electrons. The number of hydrogen-bond donors (Lipinski definition) is 4. The Balaban J connectivity index is 0.000000144. The van der Waals surface area contributed by atoms with Crippen LogP contribution in [-0.2, 0) is 32.7 Å². The van der Waals surface area contributed by atoms with Crippen LogP contribution in [0.15, 0.2) is 208 Å². The molecule has 0 aliphatic carbocycles. The first-order chi connectivity index (χ1) is 52.7. The van der Waals surface area contributed by atoms with Crippen molar-refractivity contribution in [2.24, 2.45) is 0 Å². The van der Waals surface area contributed by atoms with E-state index in [0.717, 1.165) is 122 Å². The number of benzene rings is 8. The molecule has 4 aliphatic heterocycles. The first kappa shape index (κ1) is 86.0. The summed E-state index contributed by atoms with van der Waals surface area (Å²) in [5.41, 5.74) is 20.4. The van der Waals surface area contributed by atoms with Crippen LogP contribution in [0.3, 0.4) is 0 Å². The van der Waals surface area contributed by atoms with E-state index in [-0.39, 0.29) is 86.4 Å². The Kier molecular flexibility index (Phi) is 27.4. The van der Waals surface area contributed by atoms with Crippen LogP contribution in [0.25, 0.3) is 98.6 Å². The second kappa shape index (κ2) is 35.7. The van der Waals surface area contributed by atoms with Crippen molar-refractivity contribution in [2.45, 2.75) is 130 Å². The number of methoxy groups -OCH3 is 2. The van der Waals surface area contributed by atoms with E-state index in [9.17, 15) is 0 Å².